The van der Waals surface area contributed by atoms with Crippen molar-refractivity contribution in [3.8, 4) is 5.75 Å². The van der Waals surface area contributed by atoms with Crippen molar-refractivity contribution in [3.63, 3.8) is 0 Å². The molecule has 2 heterocycles. The molecule has 1 aliphatic heterocycles. The standard InChI is InChI=1S/C20H25N5O4/c1-3-29-20(27)25-12-9-14(10-13-25)22-19-21-11-8-16(24-19)18(26)23-15-6-4-5-7-17(15)28-2/h4-8,11,14H,3,9-10,12-13H2,1-2H3,(H,23,26)(H,21,22,24). The monoisotopic (exact) mass is 399 g/mol. The Morgan fingerprint density at radius 3 is 2.69 bits per heavy atom. The number of methoxy groups -OCH3 is 1. The zero-order valence-electron chi connectivity index (χ0n) is 16.6. The van der Waals surface area contributed by atoms with Crippen molar-refractivity contribution in [3.05, 3.63) is 42.2 Å². The number of hydrogen-bond donors (Lipinski definition) is 2. The van der Waals surface area contributed by atoms with Gasteiger partial charge in [0.2, 0.25) is 5.95 Å². The fraction of sp³-hybridized carbons (Fsp3) is 0.400. The molecule has 0 bridgehead atoms. The van der Waals surface area contributed by atoms with Gasteiger partial charge in [-0.1, -0.05) is 12.1 Å². The van der Waals surface area contributed by atoms with Crippen molar-refractivity contribution in [2.75, 3.05) is 37.4 Å². The van der Waals surface area contributed by atoms with E-state index in [1.165, 1.54) is 0 Å². The first-order valence-electron chi connectivity index (χ1n) is 9.56. The molecule has 0 radical (unpaired) electrons. The second-order valence-corrected chi connectivity index (χ2v) is 6.52. The zero-order valence-corrected chi connectivity index (χ0v) is 16.6. The van der Waals surface area contributed by atoms with Gasteiger partial charge in [0.05, 0.1) is 19.4 Å². The molecule has 1 saturated heterocycles. The lowest BCUT2D eigenvalue weighted by molar-refractivity contribution is 0.0980. The molecular formula is C20H25N5O4. The zero-order chi connectivity index (χ0) is 20.6. The van der Waals surface area contributed by atoms with Crippen molar-refractivity contribution in [1.82, 2.24) is 14.9 Å². The summed E-state index contributed by atoms with van der Waals surface area (Å²) >= 11 is 0. The molecule has 0 atom stereocenters. The second-order valence-electron chi connectivity index (χ2n) is 6.52. The Kier molecular flexibility index (Phi) is 6.83. The van der Waals surface area contributed by atoms with Gasteiger partial charge in [-0.3, -0.25) is 4.79 Å². The van der Waals surface area contributed by atoms with Crippen molar-refractivity contribution in [2.45, 2.75) is 25.8 Å². The van der Waals surface area contributed by atoms with Crippen molar-refractivity contribution >= 4 is 23.6 Å². The summed E-state index contributed by atoms with van der Waals surface area (Å²) in [4.78, 5) is 34.6. The van der Waals surface area contributed by atoms with E-state index in [1.54, 1.807) is 43.3 Å². The van der Waals surface area contributed by atoms with Crippen LogP contribution in [0.5, 0.6) is 5.75 Å². The lowest BCUT2D eigenvalue weighted by Gasteiger charge is -2.31. The molecule has 2 aromatic rings. The number of rotatable bonds is 6. The number of para-hydroxylation sites is 2. The summed E-state index contributed by atoms with van der Waals surface area (Å²) in [6, 6.07) is 8.84. The molecule has 2 N–H and O–H groups in total. The number of benzene rings is 1. The van der Waals surface area contributed by atoms with Gasteiger partial charge in [0, 0.05) is 25.3 Å². The van der Waals surface area contributed by atoms with Crippen molar-refractivity contribution < 1.29 is 19.1 Å². The van der Waals surface area contributed by atoms with Crippen LogP contribution in [0, 0.1) is 0 Å². The first kappa shape index (κ1) is 20.4. The van der Waals surface area contributed by atoms with E-state index in [1.807, 2.05) is 12.1 Å². The highest BCUT2D eigenvalue weighted by molar-refractivity contribution is 6.03. The highest BCUT2D eigenvalue weighted by Crippen LogP contribution is 2.23. The maximum absolute atomic E-state index is 12.6. The number of nitrogens with zero attached hydrogens (tertiary/aromatic N) is 3. The highest BCUT2D eigenvalue weighted by Gasteiger charge is 2.24. The topological polar surface area (TPSA) is 106 Å². The number of anilines is 2. The Morgan fingerprint density at radius 2 is 1.97 bits per heavy atom. The van der Waals surface area contributed by atoms with Gasteiger partial charge in [0.15, 0.2) is 0 Å². The summed E-state index contributed by atoms with van der Waals surface area (Å²) in [7, 11) is 1.55. The third-order valence-corrected chi connectivity index (χ3v) is 4.60. The average molecular weight is 399 g/mol. The molecule has 1 aromatic heterocycles. The fourth-order valence-corrected chi connectivity index (χ4v) is 3.09. The van der Waals surface area contributed by atoms with E-state index in [-0.39, 0.29) is 23.7 Å². The molecule has 1 aliphatic rings. The number of piperidine rings is 1. The Hall–Kier alpha value is -3.36. The first-order valence-corrected chi connectivity index (χ1v) is 9.56. The number of carbonyl (C=O) groups is 2. The normalized spacial score (nSPS) is 14.2. The van der Waals surface area contributed by atoms with Gasteiger partial charge < -0.3 is 25.0 Å². The first-order chi connectivity index (χ1) is 14.1. The number of ether oxygens (including phenoxy) is 2. The number of likely N-dealkylation sites (tertiary alicyclic amines) is 1. The smallest absolute Gasteiger partial charge is 0.409 e. The molecule has 154 valence electrons. The Labute approximate surface area is 169 Å². The number of hydrogen-bond acceptors (Lipinski definition) is 7. The van der Waals surface area contributed by atoms with E-state index in [4.69, 9.17) is 9.47 Å². The van der Waals surface area contributed by atoms with Gasteiger partial charge in [-0.15, -0.1) is 0 Å². The summed E-state index contributed by atoms with van der Waals surface area (Å²) in [6.45, 7) is 3.37. The maximum atomic E-state index is 12.6. The summed E-state index contributed by atoms with van der Waals surface area (Å²) in [6.07, 6.45) is 2.76. The van der Waals surface area contributed by atoms with Crippen LogP contribution in [0.15, 0.2) is 36.5 Å². The van der Waals surface area contributed by atoms with E-state index in [2.05, 4.69) is 20.6 Å². The van der Waals surface area contributed by atoms with E-state index in [0.717, 1.165) is 12.8 Å². The van der Waals surface area contributed by atoms with Gasteiger partial charge in [0.25, 0.3) is 5.91 Å². The molecule has 2 amide bonds. The van der Waals surface area contributed by atoms with Crippen LogP contribution in [0.4, 0.5) is 16.4 Å². The second kappa shape index (κ2) is 9.72. The lowest BCUT2D eigenvalue weighted by atomic mass is 10.1. The average Bonchev–Trinajstić information content (AvgIpc) is 2.75. The fourth-order valence-electron chi connectivity index (χ4n) is 3.09. The van der Waals surface area contributed by atoms with Crippen LogP contribution in [0.1, 0.15) is 30.3 Å². The summed E-state index contributed by atoms with van der Waals surface area (Å²) in [5, 5.41) is 6.05. The number of amides is 2. The minimum Gasteiger partial charge on any atom is -0.495 e. The Bertz CT molecular complexity index is 852. The van der Waals surface area contributed by atoms with Crippen LogP contribution in [-0.2, 0) is 4.74 Å². The van der Waals surface area contributed by atoms with Gasteiger partial charge >= 0.3 is 6.09 Å². The molecule has 0 saturated carbocycles. The molecule has 0 aliphatic carbocycles. The summed E-state index contributed by atoms with van der Waals surface area (Å²) in [5.41, 5.74) is 0.817. The number of nitrogens with one attached hydrogen (secondary N) is 2. The third-order valence-electron chi connectivity index (χ3n) is 4.60. The predicted octanol–water partition coefficient (Wildman–Crippen LogP) is 2.77. The highest BCUT2D eigenvalue weighted by atomic mass is 16.6. The van der Waals surface area contributed by atoms with Crippen LogP contribution in [0.25, 0.3) is 0 Å². The van der Waals surface area contributed by atoms with Crippen LogP contribution in [-0.4, -0.2) is 59.7 Å². The predicted molar refractivity (Wildman–Crippen MR) is 108 cm³/mol. The molecule has 3 rings (SSSR count). The molecule has 29 heavy (non-hydrogen) atoms. The van der Waals surface area contributed by atoms with Crippen LogP contribution >= 0.6 is 0 Å². The molecule has 0 unspecified atom stereocenters. The molecule has 1 aromatic carbocycles. The van der Waals surface area contributed by atoms with Gasteiger partial charge in [-0.25, -0.2) is 14.8 Å². The van der Waals surface area contributed by atoms with Gasteiger partial charge in [-0.2, -0.15) is 0 Å². The van der Waals surface area contributed by atoms with E-state index >= 15 is 0 Å². The minimum absolute atomic E-state index is 0.119. The maximum Gasteiger partial charge on any atom is 0.409 e. The van der Waals surface area contributed by atoms with Crippen molar-refractivity contribution in [2.24, 2.45) is 0 Å². The van der Waals surface area contributed by atoms with Gasteiger partial charge in [-0.05, 0) is 38.0 Å². The SMILES string of the molecule is CCOC(=O)N1CCC(Nc2nccc(C(=O)Nc3ccccc3OC)n2)CC1. The van der Waals surface area contributed by atoms with Crippen LogP contribution in [0.3, 0.4) is 0 Å². The Balaban J connectivity index is 1.58. The third kappa shape index (κ3) is 5.34. The van der Waals surface area contributed by atoms with Crippen molar-refractivity contribution in [1.29, 1.82) is 0 Å². The van der Waals surface area contributed by atoms with E-state index < -0.39 is 0 Å². The van der Waals surface area contributed by atoms with Crippen LogP contribution in [0.2, 0.25) is 0 Å². The van der Waals surface area contributed by atoms with E-state index in [9.17, 15) is 9.59 Å². The molecule has 1 fully saturated rings. The molecule has 9 nitrogen and oxygen atoms in total. The molecule has 9 heteroatoms. The number of carbonyl (C=O) groups excluding carboxylic acids is 2. The summed E-state index contributed by atoms with van der Waals surface area (Å²) < 4.78 is 10.3. The minimum atomic E-state index is -0.350. The van der Waals surface area contributed by atoms with Gasteiger partial charge in [0.1, 0.15) is 11.4 Å². The molecular weight excluding hydrogens is 374 g/mol. The van der Waals surface area contributed by atoms with E-state index in [0.29, 0.717) is 37.1 Å². The molecule has 0 spiro atoms. The quantitative estimate of drug-likeness (QED) is 0.769. The van der Waals surface area contributed by atoms with Crippen LogP contribution < -0.4 is 15.4 Å². The summed E-state index contributed by atoms with van der Waals surface area (Å²) in [5.74, 6) is 0.603. The number of aromatic nitrogens is 2. The lowest BCUT2D eigenvalue weighted by Crippen LogP contribution is -2.42. The largest absolute Gasteiger partial charge is 0.495 e. The Morgan fingerprint density at radius 1 is 1.21 bits per heavy atom.